The Balaban J connectivity index is 1.88. The molecule has 76 valence electrons. The van der Waals surface area contributed by atoms with Gasteiger partial charge in [0, 0.05) is 37.3 Å². The predicted octanol–water partition coefficient (Wildman–Crippen LogP) is 0.117. The van der Waals surface area contributed by atoms with Crippen molar-refractivity contribution >= 4 is 17.2 Å². The average Bonchev–Trinajstić information content (AvgIpc) is 2.72. The summed E-state index contributed by atoms with van der Waals surface area (Å²) < 4.78 is 0. The van der Waals surface area contributed by atoms with E-state index in [1.807, 2.05) is 4.90 Å². The average molecular weight is 211 g/mol. The highest BCUT2D eigenvalue weighted by atomic mass is 32.1. The first kappa shape index (κ1) is 9.61. The summed E-state index contributed by atoms with van der Waals surface area (Å²) in [4.78, 5) is 18.7. The maximum absolute atomic E-state index is 11.7. The van der Waals surface area contributed by atoms with Crippen LogP contribution in [0.4, 0.5) is 0 Å². The molecule has 0 aromatic carbocycles. The molecule has 1 saturated heterocycles. The SMILES string of the molecule is O=C(Cc1cncs1)N1CCNCC1. The van der Waals surface area contributed by atoms with Gasteiger partial charge in [-0.3, -0.25) is 9.78 Å². The standard InChI is InChI=1S/C9H13N3OS/c13-9(5-8-6-11-7-14-8)12-3-1-10-2-4-12/h6-7,10H,1-5H2. The smallest absolute Gasteiger partial charge is 0.227 e. The Morgan fingerprint density at radius 3 is 3.00 bits per heavy atom. The number of nitrogens with zero attached hydrogens (tertiary/aromatic N) is 2. The van der Waals surface area contributed by atoms with Crippen molar-refractivity contribution in [2.45, 2.75) is 6.42 Å². The number of aromatic nitrogens is 1. The quantitative estimate of drug-likeness (QED) is 0.755. The molecule has 4 nitrogen and oxygen atoms in total. The van der Waals surface area contributed by atoms with Crippen molar-refractivity contribution in [2.75, 3.05) is 26.2 Å². The molecule has 1 aromatic rings. The van der Waals surface area contributed by atoms with Crippen LogP contribution in [0.25, 0.3) is 0 Å². The van der Waals surface area contributed by atoms with E-state index in [1.54, 1.807) is 23.0 Å². The molecule has 1 aliphatic heterocycles. The molecule has 1 fully saturated rings. The van der Waals surface area contributed by atoms with Crippen molar-refractivity contribution in [3.63, 3.8) is 0 Å². The van der Waals surface area contributed by atoms with E-state index in [1.165, 1.54) is 0 Å². The lowest BCUT2D eigenvalue weighted by molar-refractivity contribution is -0.130. The van der Waals surface area contributed by atoms with Crippen molar-refractivity contribution in [3.8, 4) is 0 Å². The second-order valence-electron chi connectivity index (χ2n) is 3.28. The normalized spacial score (nSPS) is 17.0. The molecule has 0 bridgehead atoms. The summed E-state index contributed by atoms with van der Waals surface area (Å²) in [5.41, 5.74) is 1.76. The predicted molar refractivity (Wildman–Crippen MR) is 55.3 cm³/mol. The van der Waals surface area contributed by atoms with Gasteiger partial charge >= 0.3 is 0 Å². The summed E-state index contributed by atoms with van der Waals surface area (Å²) in [5.74, 6) is 0.218. The van der Waals surface area contributed by atoms with Crippen molar-refractivity contribution < 1.29 is 4.79 Å². The van der Waals surface area contributed by atoms with E-state index in [-0.39, 0.29) is 5.91 Å². The lowest BCUT2D eigenvalue weighted by Gasteiger charge is -2.27. The Hall–Kier alpha value is -0.940. The monoisotopic (exact) mass is 211 g/mol. The zero-order valence-corrected chi connectivity index (χ0v) is 8.72. The molecule has 2 rings (SSSR count). The Kier molecular flexibility index (Phi) is 3.10. The Labute approximate surface area is 86.9 Å². The number of hydrogen-bond donors (Lipinski definition) is 1. The van der Waals surface area contributed by atoms with Gasteiger partial charge in [-0.05, 0) is 0 Å². The minimum Gasteiger partial charge on any atom is -0.340 e. The number of rotatable bonds is 2. The first-order valence-corrected chi connectivity index (χ1v) is 5.60. The molecule has 0 radical (unpaired) electrons. The van der Waals surface area contributed by atoms with E-state index in [0.717, 1.165) is 31.1 Å². The van der Waals surface area contributed by atoms with Crippen molar-refractivity contribution in [1.82, 2.24) is 15.2 Å². The van der Waals surface area contributed by atoms with Gasteiger partial charge < -0.3 is 10.2 Å². The zero-order chi connectivity index (χ0) is 9.80. The highest BCUT2D eigenvalue weighted by Gasteiger charge is 2.16. The van der Waals surface area contributed by atoms with Crippen LogP contribution >= 0.6 is 11.3 Å². The van der Waals surface area contributed by atoms with Gasteiger partial charge in [-0.2, -0.15) is 0 Å². The Morgan fingerprint density at radius 2 is 2.36 bits per heavy atom. The molecule has 1 aliphatic rings. The van der Waals surface area contributed by atoms with E-state index in [2.05, 4.69) is 10.3 Å². The maximum Gasteiger partial charge on any atom is 0.227 e. The van der Waals surface area contributed by atoms with Gasteiger partial charge in [0.05, 0.1) is 11.9 Å². The van der Waals surface area contributed by atoms with Gasteiger partial charge in [-0.1, -0.05) is 0 Å². The second kappa shape index (κ2) is 4.52. The third-order valence-corrected chi connectivity index (χ3v) is 3.06. The van der Waals surface area contributed by atoms with Gasteiger partial charge in [-0.15, -0.1) is 11.3 Å². The van der Waals surface area contributed by atoms with Gasteiger partial charge in [0.2, 0.25) is 5.91 Å². The summed E-state index contributed by atoms with van der Waals surface area (Å²) in [6, 6.07) is 0. The molecule has 1 aromatic heterocycles. The molecule has 2 heterocycles. The van der Waals surface area contributed by atoms with Crippen LogP contribution in [-0.4, -0.2) is 42.0 Å². The first-order valence-electron chi connectivity index (χ1n) is 4.72. The van der Waals surface area contributed by atoms with Crippen LogP contribution in [0.15, 0.2) is 11.7 Å². The summed E-state index contributed by atoms with van der Waals surface area (Å²) >= 11 is 1.54. The van der Waals surface area contributed by atoms with Crippen LogP contribution in [0.2, 0.25) is 0 Å². The van der Waals surface area contributed by atoms with Crippen LogP contribution in [0, 0.1) is 0 Å². The number of piperazine rings is 1. The lowest BCUT2D eigenvalue weighted by Crippen LogP contribution is -2.46. The van der Waals surface area contributed by atoms with Crippen molar-refractivity contribution in [2.24, 2.45) is 0 Å². The molecule has 5 heteroatoms. The number of carbonyl (C=O) groups excluding carboxylic acids is 1. The summed E-state index contributed by atoms with van der Waals surface area (Å²) in [6.07, 6.45) is 2.27. The molecular weight excluding hydrogens is 198 g/mol. The fourth-order valence-electron chi connectivity index (χ4n) is 1.50. The fourth-order valence-corrected chi connectivity index (χ4v) is 2.09. The number of carbonyl (C=O) groups is 1. The fraction of sp³-hybridized carbons (Fsp3) is 0.556. The maximum atomic E-state index is 11.7. The minimum atomic E-state index is 0.218. The highest BCUT2D eigenvalue weighted by Crippen LogP contribution is 2.08. The summed E-state index contributed by atoms with van der Waals surface area (Å²) in [6.45, 7) is 3.48. The molecular formula is C9H13N3OS. The minimum absolute atomic E-state index is 0.218. The first-order chi connectivity index (χ1) is 6.86. The number of nitrogens with one attached hydrogen (secondary N) is 1. The van der Waals surface area contributed by atoms with Crippen LogP contribution in [0.3, 0.4) is 0 Å². The Morgan fingerprint density at radius 1 is 1.57 bits per heavy atom. The number of hydrogen-bond acceptors (Lipinski definition) is 4. The number of amides is 1. The molecule has 1 amide bonds. The third kappa shape index (κ3) is 2.30. The van der Waals surface area contributed by atoms with Gasteiger partial charge in [-0.25, -0.2) is 0 Å². The van der Waals surface area contributed by atoms with E-state index in [0.29, 0.717) is 6.42 Å². The van der Waals surface area contributed by atoms with Crippen LogP contribution in [-0.2, 0) is 11.2 Å². The van der Waals surface area contributed by atoms with Crippen LogP contribution < -0.4 is 5.32 Å². The highest BCUT2D eigenvalue weighted by molar-refractivity contribution is 7.09. The molecule has 14 heavy (non-hydrogen) atoms. The topological polar surface area (TPSA) is 45.2 Å². The third-order valence-electron chi connectivity index (χ3n) is 2.28. The molecule has 0 atom stereocenters. The molecule has 0 saturated carbocycles. The van der Waals surface area contributed by atoms with E-state index < -0.39 is 0 Å². The van der Waals surface area contributed by atoms with E-state index in [9.17, 15) is 4.79 Å². The van der Waals surface area contributed by atoms with Crippen molar-refractivity contribution in [3.05, 3.63) is 16.6 Å². The van der Waals surface area contributed by atoms with Crippen molar-refractivity contribution in [1.29, 1.82) is 0 Å². The second-order valence-corrected chi connectivity index (χ2v) is 4.25. The number of thiazole rings is 1. The van der Waals surface area contributed by atoms with Gasteiger partial charge in [0.25, 0.3) is 0 Å². The van der Waals surface area contributed by atoms with Crippen LogP contribution in [0.1, 0.15) is 4.88 Å². The Bertz CT molecular complexity index is 293. The molecule has 0 spiro atoms. The largest absolute Gasteiger partial charge is 0.340 e. The molecule has 0 aliphatic carbocycles. The van der Waals surface area contributed by atoms with E-state index >= 15 is 0 Å². The zero-order valence-electron chi connectivity index (χ0n) is 7.90. The van der Waals surface area contributed by atoms with Gasteiger partial charge in [0.1, 0.15) is 0 Å². The summed E-state index contributed by atoms with van der Waals surface area (Å²) in [5, 5.41) is 3.22. The lowest BCUT2D eigenvalue weighted by atomic mass is 10.3. The van der Waals surface area contributed by atoms with Crippen LogP contribution in [0.5, 0.6) is 0 Å². The molecule has 1 N–H and O–H groups in total. The summed E-state index contributed by atoms with van der Waals surface area (Å²) in [7, 11) is 0. The van der Waals surface area contributed by atoms with Gasteiger partial charge in [0.15, 0.2) is 0 Å². The van der Waals surface area contributed by atoms with E-state index in [4.69, 9.17) is 0 Å². The molecule has 0 unspecified atom stereocenters.